The van der Waals surface area contributed by atoms with E-state index in [2.05, 4.69) is 6.07 Å². The molecule has 0 fully saturated rings. The molecule has 0 radical (unpaired) electrons. The molecule has 8 heteroatoms. The summed E-state index contributed by atoms with van der Waals surface area (Å²) < 4.78 is 11.2. The third kappa shape index (κ3) is 5.34. The van der Waals surface area contributed by atoms with Crippen molar-refractivity contribution < 1.29 is 14.4 Å². The standard InChI is InChI=1S/C23H16Cl2N2O4/c1-30-22-12-16(10-17(13-26)19-4-2-3-5-20(19)24)11-21(25)23(22)31-14-15-6-8-18(9-7-15)27(28)29/h2-12H,14H2,1H3. The van der Waals surface area contributed by atoms with Gasteiger partial charge in [-0.1, -0.05) is 41.4 Å². The number of halogens is 2. The second-order valence-electron chi connectivity index (χ2n) is 6.40. The summed E-state index contributed by atoms with van der Waals surface area (Å²) in [5.41, 5.74) is 2.37. The number of nitriles is 1. The Balaban J connectivity index is 1.87. The molecule has 0 N–H and O–H groups in total. The van der Waals surface area contributed by atoms with E-state index in [0.29, 0.717) is 38.2 Å². The van der Waals surface area contributed by atoms with E-state index in [9.17, 15) is 15.4 Å². The predicted octanol–water partition coefficient (Wildman–Crippen LogP) is 6.55. The Morgan fingerprint density at radius 2 is 1.84 bits per heavy atom. The number of hydrogen-bond acceptors (Lipinski definition) is 5. The molecular formula is C23H16Cl2N2O4. The molecule has 0 spiro atoms. The van der Waals surface area contributed by atoms with Crippen LogP contribution in [-0.2, 0) is 6.61 Å². The first-order valence-electron chi connectivity index (χ1n) is 9.03. The van der Waals surface area contributed by atoms with E-state index in [1.807, 2.05) is 0 Å². The van der Waals surface area contributed by atoms with Gasteiger partial charge in [0, 0.05) is 22.7 Å². The lowest BCUT2D eigenvalue weighted by molar-refractivity contribution is -0.384. The van der Waals surface area contributed by atoms with Crippen molar-refractivity contribution in [2.75, 3.05) is 7.11 Å². The van der Waals surface area contributed by atoms with E-state index in [1.165, 1.54) is 19.2 Å². The van der Waals surface area contributed by atoms with E-state index in [4.69, 9.17) is 32.7 Å². The van der Waals surface area contributed by atoms with Gasteiger partial charge in [-0.15, -0.1) is 0 Å². The number of benzene rings is 3. The quantitative estimate of drug-likeness (QED) is 0.174. The number of rotatable bonds is 7. The van der Waals surface area contributed by atoms with Gasteiger partial charge >= 0.3 is 0 Å². The smallest absolute Gasteiger partial charge is 0.269 e. The van der Waals surface area contributed by atoms with Gasteiger partial charge < -0.3 is 9.47 Å². The molecule has 3 aromatic carbocycles. The van der Waals surface area contributed by atoms with Gasteiger partial charge in [0.1, 0.15) is 6.61 Å². The lowest BCUT2D eigenvalue weighted by Crippen LogP contribution is -1.99. The van der Waals surface area contributed by atoms with Gasteiger partial charge in [0.25, 0.3) is 5.69 Å². The molecule has 0 aliphatic carbocycles. The average molecular weight is 455 g/mol. The third-order valence-electron chi connectivity index (χ3n) is 4.38. The van der Waals surface area contributed by atoms with Crippen molar-refractivity contribution in [3.63, 3.8) is 0 Å². The fraction of sp³-hybridized carbons (Fsp3) is 0.0870. The topological polar surface area (TPSA) is 85.4 Å². The van der Waals surface area contributed by atoms with E-state index >= 15 is 0 Å². The summed E-state index contributed by atoms with van der Waals surface area (Å²) in [6.45, 7) is 0.145. The van der Waals surface area contributed by atoms with Crippen molar-refractivity contribution in [2.24, 2.45) is 0 Å². The Morgan fingerprint density at radius 3 is 2.45 bits per heavy atom. The van der Waals surface area contributed by atoms with Crippen LogP contribution in [-0.4, -0.2) is 12.0 Å². The highest BCUT2D eigenvalue weighted by Crippen LogP contribution is 2.38. The van der Waals surface area contributed by atoms with Crippen LogP contribution in [0.3, 0.4) is 0 Å². The first-order chi connectivity index (χ1) is 14.9. The Morgan fingerprint density at radius 1 is 1.13 bits per heavy atom. The normalized spacial score (nSPS) is 11.0. The number of nitrogens with zero attached hydrogens (tertiary/aromatic N) is 2. The number of allylic oxidation sites excluding steroid dienone is 1. The molecule has 0 aliphatic rings. The van der Waals surface area contributed by atoms with Crippen molar-refractivity contribution in [3.8, 4) is 17.6 Å². The molecule has 3 rings (SSSR count). The monoisotopic (exact) mass is 454 g/mol. The van der Waals surface area contributed by atoms with Crippen LogP contribution in [0.1, 0.15) is 16.7 Å². The van der Waals surface area contributed by atoms with Crippen molar-refractivity contribution in [1.29, 1.82) is 5.26 Å². The van der Waals surface area contributed by atoms with Gasteiger partial charge in [0.05, 0.1) is 28.7 Å². The van der Waals surface area contributed by atoms with E-state index in [0.717, 1.165) is 5.56 Å². The maximum Gasteiger partial charge on any atom is 0.269 e. The van der Waals surface area contributed by atoms with Gasteiger partial charge in [0.15, 0.2) is 11.5 Å². The van der Waals surface area contributed by atoms with E-state index < -0.39 is 4.92 Å². The molecular weight excluding hydrogens is 439 g/mol. The number of hydrogen-bond donors (Lipinski definition) is 0. The molecule has 0 aromatic heterocycles. The highest BCUT2D eigenvalue weighted by Gasteiger charge is 2.14. The molecule has 0 heterocycles. The van der Waals surface area contributed by atoms with Crippen LogP contribution in [0.15, 0.2) is 60.7 Å². The molecule has 0 atom stereocenters. The van der Waals surface area contributed by atoms with Crippen molar-refractivity contribution >= 4 is 40.5 Å². The van der Waals surface area contributed by atoms with E-state index in [1.54, 1.807) is 54.6 Å². The Bertz CT molecular complexity index is 1190. The van der Waals surface area contributed by atoms with Crippen LogP contribution in [0.25, 0.3) is 11.6 Å². The maximum atomic E-state index is 10.8. The molecule has 0 unspecified atom stereocenters. The molecule has 0 saturated heterocycles. The van der Waals surface area contributed by atoms with Crippen LogP contribution in [0.2, 0.25) is 10.0 Å². The zero-order valence-electron chi connectivity index (χ0n) is 16.3. The maximum absolute atomic E-state index is 10.8. The van der Waals surface area contributed by atoms with Gasteiger partial charge in [-0.25, -0.2) is 0 Å². The first-order valence-corrected chi connectivity index (χ1v) is 9.79. The van der Waals surface area contributed by atoms with Gasteiger partial charge in [-0.05, 0) is 47.5 Å². The van der Waals surface area contributed by atoms with Crippen LogP contribution in [0, 0.1) is 21.4 Å². The van der Waals surface area contributed by atoms with Crippen molar-refractivity contribution in [2.45, 2.75) is 6.61 Å². The highest BCUT2D eigenvalue weighted by atomic mass is 35.5. The molecule has 156 valence electrons. The SMILES string of the molecule is COc1cc(C=C(C#N)c2ccccc2Cl)cc(Cl)c1OCc1ccc([N+](=O)[O-])cc1. The summed E-state index contributed by atoms with van der Waals surface area (Å²) in [6, 6.07) is 18.6. The van der Waals surface area contributed by atoms with E-state index in [-0.39, 0.29) is 12.3 Å². The van der Waals surface area contributed by atoms with Gasteiger partial charge in [-0.2, -0.15) is 5.26 Å². The zero-order valence-corrected chi connectivity index (χ0v) is 17.9. The summed E-state index contributed by atoms with van der Waals surface area (Å²) in [5.74, 6) is 0.716. The van der Waals surface area contributed by atoms with Crippen molar-refractivity contribution in [3.05, 3.63) is 97.5 Å². The van der Waals surface area contributed by atoms with Crippen LogP contribution in [0.4, 0.5) is 5.69 Å². The number of ether oxygens (including phenoxy) is 2. The fourth-order valence-corrected chi connectivity index (χ4v) is 3.36. The lowest BCUT2D eigenvalue weighted by atomic mass is 10.0. The summed E-state index contributed by atoms with van der Waals surface area (Å²) in [4.78, 5) is 10.3. The second-order valence-corrected chi connectivity index (χ2v) is 7.21. The summed E-state index contributed by atoms with van der Waals surface area (Å²) in [6.07, 6.45) is 1.66. The van der Waals surface area contributed by atoms with Crippen LogP contribution < -0.4 is 9.47 Å². The minimum atomic E-state index is -0.463. The third-order valence-corrected chi connectivity index (χ3v) is 4.99. The number of nitro benzene ring substituents is 1. The van der Waals surface area contributed by atoms with Crippen LogP contribution >= 0.6 is 23.2 Å². The average Bonchev–Trinajstić information content (AvgIpc) is 2.77. The molecule has 0 amide bonds. The largest absolute Gasteiger partial charge is 0.493 e. The minimum absolute atomic E-state index is 0.00215. The number of methoxy groups -OCH3 is 1. The molecule has 31 heavy (non-hydrogen) atoms. The molecule has 6 nitrogen and oxygen atoms in total. The fourth-order valence-electron chi connectivity index (χ4n) is 2.85. The molecule has 3 aromatic rings. The van der Waals surface area contributed by atoms with Gasteiger partial charge in [-0.3, -0.25) is 10.1 Å². The molecule has 0 aliphatic heterocycles. The Hall–Kier alpha value is -3.53. The minimum Gasteiger partial charge on any atom is -0.493 e. The number of nitro groups is 1. The zero-order chi connectivity index (χ0) is 22.4. The highest BCUT2D eigenvalue weighted by molar-refractivity contribution is 6.33. The number of non-ortho nitro benzene ring substituents is 1. The summed E-state index contributed by atoms with van der Waals surface area (Å²) in [5, 5.41) is 21.1. The second kappa shape index (κ2) is 9.98. The Labute approximate surface area is 189 Å². The predicted molar refractivity (Wildman–Crippen MR) is 120 cm³/mol. The summed E-state index contributed by atoms with van der Waals surface area (Å²) in [7, 11) is 1.48. The molecule has 0 bridgehead atoms. The Kier molecular flexibility index (Phi) is 7.14. The lowest BCUT2D eigenvalue weighted by Gasteiger charge is -2.14. The summed E-state index contributed by atoms with van der Waals surface area (Å²) >= 11 is 12.6. The first kappa shape index (κ1) is 22.2. The van der Waals surface area contributed by atoms with Gasteiger partial charge in [0.2, 0.25) is 0 Å². The van der Waals surface area contributed by atoms with Crippen LogP contribution in [0.5, 0.6) is 11.5 Å². The van der Waals surface area contributed by atoms with Crippen molar-refractivity contribution in [1.82, 2.24) is 0 Å². The molecule has 0 saturated carbocycles.